The lowest BCUT2D eigenvalue weighted by Crippen LogP contribution is -2.02. The number of aromatic nitrogens is 1. The zero-order valence-electron chi connectivity index (χ0n) is 7.55. The summed E-state index contributed by atoms with van der Waals surface area (Å²) < 4.78 is 6.32. The summed E-state index contributed by atoms with van der Waals surface area (Å²) in [5.74, 6) is -0.379. The number of rotatable bonds is 1. The standard InChI is InChI=1S/C9H12NO2/c1-6-5-8(9(11)12-4)7(2)10(6)3/h5H,4H2,1-3H3. The number of aryl methyl sites for hydroxylation is 1. The molecule has 3 nitrogen and oxygen atoms in total. The van der Waals surface area contributed by atoms with Gasteiger partial charge in [0.2, 0.25) is 0 Å². The van der Waals surface area contributed by atoms with Crippen LogP contribution in [0.2, 0.25) is 0 Å². The van der Waals surface area contributed by atoms with Gasteiger partial charge in [-0.05, 0) is 19.9 Å². The van der Waals surface area contributed by atoms with E-state index in [-0.39, 0.29) is 5.97 Å². The summed E-state index contributed by atoms with van der Waals surface area (Å²) in [5.41, 5.74) is 2.53. The highest BCUT2D eigenvalue weighted by Crippen LogP contribution is 2.13. The van der Waals surface area contributed by atoms with E-state index in [0.29, 0.717) is 5.56 Å². The summed E-state index contributed by atoms with van der Waals surface area (Å²) in [4.78, 5) is 11.1. The number of ether oxygens (including phenoxy) is 1. The molecular weight excluding hydrogens is 154 g/mol. The zero-order chi connectivity index (χ0) is 9.30. The predicted octanol–water partition coefficient (Wildman–Crippen LogP) is 1.59. The highest BCUT2D eigenvalue weighted by molar-refractivity contribution is 5.91. The monoisotopic (exact) mass is 166 g/mol. The molecule has 0 atom stereocenters. The van der Waals surface area contributed by atoms with Crippen LogP contribution in [0.1, 0.15) is 21.7 Å². The Labute approximate surface area is 72.0 Å². The maximum absolute atomic E-state index is 11.1. The molecule has 1 rings (SSSR count). The molecule has 0 N–H and O–H groups in total. The first-order chi connectivity index (χ1) is 5.57. The highest BCUT2D eigenvalue weighted by atomic mass is 16.5. The Hall–Kier alpha value is -1.25. The van der Waals surface area contributed by atoms with E-state index < -0.39 is 0 Å². The number of hydrogen-bond donors (Lipinski definition) is 0. The second kappa shape index (κ2) is 3.01. The van der Waals surface area contributed by atoms with Crippen LogP contribution in [0.15, 0.2) is 6.07 Å². The second-order valence-electron chi connectivity index (χ2n) is 2.78. The summed E-state index contributed by atoms with van der Waals surface area (Å²) in [6.45, 7) is 3.81. The highest BCUT2D eigenvalue weighted by Gasteiger charge is 2.13. The number of carbonyl (C=O) groups is 1. The fraction of sp³-hybridized carbons (Fsp3) is 0.333. The molecule has 65 valence electrons. The van der Waals surface area contributed by atoms with Crippen LogP contribution in [0, 0.1) is 21.0 Å². The van der Waals surface area contributed by atoms with Crippen molar-refractivity contribution in [1.82, 2.24) is 4.57 Å². The molecule has 0 aliphatic rings. The van der Waals surface area contributed by atoms with E-state index in [0.717, 1.165) is 11.4 Å². The quantitative estimate of drug-likeness (QED) is 0.593. The summed E-state index contributed by atoms with van der Waals surface area (Å²) in [6, 6.07) is 1.79. The van der Waals surface area contributed by atoms with Crippen LogP contribution in [-0.2, 0) is 11.8 Å². The van der Waals surface area contributed by atoms with E-state index in [9.17, 15) is 4.79 Å². The van der Waals surface area contributed by atoms with E-state index in [4.69, 9.17) is 0 Å². The van der Waals surface area contributed by atoms with Crippen LogP contribution in [-0.4, -0.2) is 10.5 Å². The van der Waals surface area contributed by atoms with Crippen LogP contribution < -0.4 is 0 Å². The molecular formula is C9H12NO2. The van der Waals surface area contributed by atoms with Gasteiger partial charge in [-0.25, -0.2) is 4.79 Å². The van der Waals surface area contributed by atoms with Gasteiger partial charge in [-0.3, -0.25) is 0 Å². The van der Waals surface area contributed by atoms with Crippen LogP contribution in [0.4, 0.5) is 0 Å². The van der Waals surface area contributed by atoms with Crippen molar-refractivity contribution in [2.45, 2.75) is 13.8 Å². The molecule has 1 aromatic heterocycles. The molecule has 0 bridgehead atoms. The first-order valence-corrected chi connectivity index (χ1v) is 3.67. The average molecular weight is 166 g/mol. The minimum atomic E-state index is -0.379. The van der Waals surface area contributed by atoms with Crippen molar-refractivity contribution in [2.75, 3.05) is 0 Å². The Kier molecular flexibility index (Phi) is 2.22. The third kappa shape index (κ3) is 1.22. The third-order valence-electron chi connectivity index (χ3n) is 2.13. The SMILES string of the molecule is [CH2]OC(=O)c1cc(C)n(C)c1C. The van der Waals surface area contributed by atoms with E-state index in [2.05, 4.69) is 11.8 Å². The second-order valence-corrected chi connectivity index (χ2v) is 2.78. The summed E-state index contributed by atoms with van der Waals surface area (Å²) in [5, 5.41) is 0. The van der Waals surface area contributed by atoms with Crippen LogP contribution in [0.5, 0.6) is 0 Å². The van der Waals surface area contributed by atoms with Gasteiger partial charge in [0.25, 0.3) is 0 Å². The van der Waals surface area contributed by atoms with Crippen molar-refractivity contribution >= 4 is 5.97 Å². The van der Waals surface area contributed by atoms with Crippen molar-refractivity contribution in [3.05, 3.63) is 30.1 Å². The van der Waals surface area contributed by atoms with Gasteiger partial charge >= 0.3 is 5.97 Å². The van der Waals surface area contributed by atoms with Crippen LogP contribution in [0.3, 0.4) is 0 Å². The van der Waals surface area contributed by atoms with Crippen molar-refractivity contribution < 1.29 is 9.53 Å². The molecule has 0 saturated heterocycles. The number of esters is 1. The normalized spacial score (nSPS) is 10.0. The van der Waals surface area contributed by atoms with Crippen molar-refractivity contribution in [3.63, 3.8) is 0 Å². The van der Waals surface area contributed by atoms with Gasteiger partial charge in [0.15, 0.2) is 0 Å². The molecule has 0 aromatic carbocycles. The lowest BCUT2D eigenvalue weighted by molar-refractivity contribution is 0.0653. The lowest BCUT2D eigenvalue weighted by atomic mass is 10.2. The minimum absolute atomic E-state index is 0.379. The number of nitrogens with zero attached hydrogens (tertiary/aromatic N) is 1. The van der Waals surface area contributed by atoms with E-state index in [1.165, 1.54) is 0 Å². The Morgan fingerprint density at radius 2 is 2.17 bits per heavy atom. The third-order valence-corrected chi connectivity index (χ3v) is 2.13. The minimum Gasteiger partial charge on any atom is -0.458 e. The first kappa shape index (κ1) is 8.84. The van der Waals surface area contributed by atoms with Gasteiger partial charge in [-0.1, -0.05) is 0 Å². The van der Waals surface area contributed by atoms with Gasteiger partial charge in [-0.2, -0.15) is 0 Å². The maximum atomic E-state index is 11.1. The van der Waals surface area contributed by atoms with E-state index in [1.807, 2.05) is 25.5 Å². The van der Waals surface area contributed by atoms with Crippen LogP contribution in [0.25, 0.3) is 0 Å². The summed E-state index contributed by atoms with van der Waals surface area (Å²) in [6.07, 6.45) is 0. The van der Waals surface area contributed by atoms with E-state index in [1.54, 1.807) is 6.07 Å². The molecule has 1 radical (unpaired) electrons. The molecule has 0 aliphatic heterocycles. The smallest absolute Gasteiger partial charge is 0.340 e. The molecule has 0 saturated carbocycles. The summed E-state index contributed by atoms with van der Waals surface area (Å²) in [7, 11) is 4.99. The Morgan fingerprint density at radius 1 is 1.58 bits per heavy atom. The maximum Gasteiger partial charge on any atom is 0.340 e. The molecule has 0 fully saturated rings. The van der Waals surface area contributed by atoms with Crippen molar-refractivity contribution in [3.8, 4) is 0 Å². The molecule has 0 spiro atoms. The Bertz CT molecular complexity index is 313. The van der Waals surface area contributed by atoms with Crippen LogP contribution >= 0.6 is 0 Å². The van der Waals surface area contributed by atoms with Gasteiger partial charge in [0.1, 0.15) is 7.11 Å². The summed E-state index contributed by atoms with van der Waals surface area (Å²) >= 11 is 0. The van der Waals surface area contributed by atoms with Crippen molar-refractivity contribution in [2.24, 2.45) is 7.05 Å². The Morgan fingerprint density at radius 3 is 2.50 bits per heavy atom. The fourth-order valence-corrected chi connectivity index (χ4v) is 1.14. The largest absolute Gasteiger partial charge is 0.458 e. The topological polar surface area (TPSA) is 31.2 Å². The first-order valence-electron chi connectivity index (χ1n) is 3.67. The zero-order valence-corrected chi connectivity index (χ0v) is 7.55. The van der Waals surface area contributed by atoms with Gasteiger partial charge in [0.05, 0.1) is 5.56 Å². The average Bonchev–Trinajstić information content (AvgIpc) is 2.32. The van der Waals surface area contributed by atoms with Gasteiger partial charge in [-0.15, -0.1) is 0 Å². The van der Waals surface area contributed by atoms with Gasteiger partial charge in [0, 0.05) is 18.4 Å². The molecule has 1 aromatic rings. The molecule has 3 heteroatoms. The van der Waals surface area contributed by atoms with E-state index >= 15 is 0 Å². The Balaban J connectivity index is 3.17. The van der Waals surface area contributed by atoms with Crippen molar-refractivity contribution in [1.29, 1.82) is 0 Å². The fourth-order valence-electron chi connectivity index (χ4n) is 1.14. The lowest BCUT2D eigenvalue weighted by Gasteiger charge is -1.99. The molecule has 0 aliphatic carbocycles. The molecule has 12 heavy (non-hydrogen) atoms. The molecule has 1 heterocycles. The number of hydrogen-bond acceptors (Lipinski definition) is 2. The molecule has 0 unspecified atom stereocenters. The molecule has 0 amide bonds. The van der Waals surface area contributed by atoms with Gasteiger partial charge < -0.3 is 9.30 Å². The number of carbonyl (C=O) groups excluding carboxylic acids is 1. The predicted molar refractivity (Wildman–Crippen MR) is 45.7 cm³/mol.